The highest BCUT2D eigenvalue weighted by molar-refractivity contribution is 7.17. The maximum absolute atomic E-state index is 9.49. The molecule has 0 aliphatic rings. The van der Waals surface area contributed by atoms with Crippen molar-refractivity contribution in [2.75, 3.05) is 20.1 Å². The highest BCUT2D eigenvalue weighted by Crippen LogP contribution is 2.29. The summed E-state index contributed by atoms with van der Waals surface area (Å²) < 4.78 is 1.26. The zero-order valence-corrected chi connectivity index (χ0v) is 10.5. The van der Waals surface area contributed by atoms with Gasteiger partial charge < -0.3 is 10.0 Å². The number of benzene rings is 1. The summed E-state index contributed by atoms with van der Waals surface area (Å²) in [6.07, 6.45) is 1.05. The predicted molar refractivity (Wildman–Crippen MR) is 70.4 cm³/mol. The zero-order valence-electron chi connectivity index (χ0n) is 9.73. The van der Waals surface area contributed by atoms with Crippen LogP contribution in [0.4, 0.5) is 0 Å². The molecular formula is C13H17NOS. The van der Waals surface area contributed by atoms with Crippen molar-refractivity contribution in [1.82, 2.24) is 4.90 Å². The number of likely N-dealkylation sites (N-methyl/N-ethyl adjacent to an activating group) is 1. The molecule has 1 aromatic heterocycles. The van der Waals surface area contributed by atoms with Gasteiger partial charge in [-0.05, 0) is 54.5 Å². The van der Waals surface area contributed by atoms with Crippen LogP contribution in [-0.2, 0) is 6.42 Å². The van der Waals surface area contributed by atoms with Gasteiger partial charge >= 0.3 is 0 Å². The van der Waals surface area contributed by atoms with E-state index in [1.54, 1.807) is 17.4 Å². The third-order valence-corrected chi connectivity index (χ3v) is 3.95. The van der Waals surface area contributed by atoms with Crippen molar-refractivity contribution < 1.29 is 5.11 Å². The van der Waals surface area contributed by atoms with Gasteiger partial charge in [0.05, 0.1) is 0 Å². The maximum atomic E-state index is 9.49. The van der Waals surface area contributed by atoms with Gasteiger partial charge in [0, 0.05) is 11.2 Å². The van der Waals surface area contributed by atoms with Crippen molar-refractivity contribution in [3.05, 3.63) is 29.1 Å². The number of phenols is 1. The third kappa shape index (κ3) is 2.36. The van der Waals surface area contributed by atoms with Gasteiger partial charge in [0.15, 0.2) is 0 Å². The minimum absolute atomic E-state index is 0.357. The lowest BCUT2D eigenvalue weighted by atomic mass is 10.1. The molecule has 1 heterocycles. The second-order valence-corrected chi connectivity index (χ2v) is 5.00. The third-order valence-electron chi connectivity index (χ3n) is 2.94. The van der Waals surface area contributed by atoms with Gasteiger partial charge in [-0.1, -0.05) is 6.92 Å². The summed E-state index contributed by atoms with van der Waals surface area (Å²) >= 11 is 1.75. The van der Waals surface area contributed by atoms with Crippen LogP contribution < -0.4 is 0 Å². The molecule has 0 saturated carbocycles. The van der Waals surface area contributed by atoms with Crippen molar-refractivity contribution >= 4 is 21.4 Å². The lowest BCUT2D eigenvalue weighted by Crippen LogP contribution is -2.20. The first kappa shape index (κ1) is 11.4. The molecule has 1 aromatic carbocycles. The molecule has 0 fully saturated rings. The van der Waals surface area contributed by atoms with Crippen LogP contribution in [0.25, 0.3) is 10.1 Å². The summed E-state index contributed by atoms with van der Waals surface area (Å²) in [7, 11) is 2.13. The fourth-order valence-electron chi connectivity index (χ4n) is 1.73. The van der Waals surface area contributed by atoms with E-state index in [1.807, 2.05) is 12.1 Å². The van der Waals surface area contributed by atoms with Gasteiger partial charge in [0.2, 0.25) is 0 Å². The summed E-state index contributed by atoms with van der Waals surface area (Å²) in [5.41, 5.74) is 1.34. The SMILES string of the molecule is CCN(C)CCc1csc2ccc(O)cc12. The smallest absolute Gasteiger partial charge is 0.116 e. The van der Waals surface area contributed by atoms with Crippen LogP contribution in [0.15, 0.2) is 23.6 Å². The molecule has 0 radical (unpaired) electrons. The van der Waals surface area contributed by atoms with Crippen LogP contribution >= 0.6 is 11.3 Å². The molecule has 0 spiro atoms. The number of aromatic hydroxyl groups is 1. The molecule has 2 rings (SSSR count). The van der Waals surface area contributed by atoms with Crippen LogP contribution in [0, 0.1) is 0 Å². The fraction of sp³-hybridized carbons (Fsp3) is 0.385. The summed E-state index contributed by atoms with van der Waals surface area (Å²) in [6, 6.07) is 5.61. The van der Waals surface area contributed by atoms with E-state index in [0.717, 1.165) is 19.5 Å². The molecule has 2 nitrogen and oxygen atoms in total. The van der Waals surface area contributed by atoms with Crippen molar-refractivity contribution in [2.24, 2.45) is 0 Å². The summed E-state index contributed by atoms with van der Waals surface area (Å²) in [5.74, 6) is 0.357. The summed E-state index contributed by atoms with van der Waals surface area (Å²) in [4.78, 5) is 2.30. The van der Waals surface area contributed by atoms with Crippen LogP contribution in [0.2, 0.25) is 0 Å². The van der Waals surface area contributed by atoms with Crippen molar-refractivity contribution in [3.63, 3.8) is 0 Å². The van der Waals surface area contributed by atoms with Gasteiger partial charge in [-0.2, -0.15) is 0 Å². The van der Waals surface area contributed by atoms with E-state index in [1.165, 1.54) is 15.6 Å². The van der Waals surface area contributed by atoms with Gasteiger partial charge in [-0.3, -0.25) is 0 Å². The van der Waals surface area contributed by atoms with E-state index in [4.69, 9.17) is 0 Å². The minimum Gasteiger partial charge on any atom is -0.508 e. The van der Waals surface area contributed by atoms with Gasteiger partial charge in [-0.25, -0.2) is 0 Å². The van der Waals surface area contributed by atoms with E-state index in [9.17, 15) is 5.11 Å². The zero-order chi connectivity index (χ0) is 11.5. The first-order chi connectivity index (χ1) is 7.70. The normalized spacial score (nSPS) is 11.4. The molecule has 16 heavy (non-hydrogen) atoms. The summed E-state index contributed by atoms with van der Waals surface area (Å²) in [6.45, 7) is 4.31. The van der Waals surface area contributed by atoms with Crippen LogP contribution in [0.1, 0.15) is 12.5 Å². The Kier molecular flexibility index (Phi) is 3.46. The molecule has 0 saturated heterocycles. The van der Waals surface area contributed by atoms with Crippen molar-refractivity contribution in [1.29, 1.82) is 0 Å². The molecule has 3 heteroatoms. The first-order valence-corrected chi connectivity index (χ1v) is 6.46. The van der Waals surface area contributed by atoms with Gasteiger partial charge in [0.25, 0.3) is 0 Å². The average Bonchev–Trinajstić information content (AvgIpc) is 2.68. The van der Waals surface area contributed by atoms with E-state index in [-0.39, 0.29) is 0 Å². The lowest BCUT2D eigenvalue weighted by molar-refractivity contribution is 0.358. The largest absolute Gasteiger partial charge is 0.508 e. The van der Waals surface area contributed by atoms with Gasteiger partial charge in [-0.15, -0.1) is 11.3 Å². The lowest BCUT2D eigenvalue weighted by Gasteiger charge is -2.12. The van der Waals surface area contributed by atoms with Crippen molar-refractivity contribution in [2.45, 2.75) is 13.3 Å². The Morgan fingerprint density at radius 1 is 1.38 bits per heavy atom. The van der Waals surface area contributed by atoms with Crippen LogP contribution in [0.5, 0.6) is 5.75 Å². The Labute approximate surface area is 100 Å². The quantitative estimate of drug-likeness (QED) is 0.880. The second kappa shape index (κ2) is 4.85. The molecule has 0 aliphatic heterocycles. The van der Waals surface area contributed by atoms with Gasteiger partial charge in [0.1, 0.15) is 5.75 Å². The molecule has 0 bridgehead atoms. The molecule has 86 valence electrons. The molecule has 0 aliphatic carbocycles. The molecule has 0 amide bonds. The van der Waals surface area contributed by atoms with Crippen molar-refractivity contribution in [3.8, 4) is 5.75 Å². The maximum Gasteiger partial charge on any atom is 0.116 e. The predicted octanol–water partition coefficient (Wildman–Crippen LogP) is 3.10. The highest BCUT2D eigenvalue weighted by Gasteiger charge is 2.05. The second-order valence-electron chi connectivity index (χ2n) is 4.09. The van der Waals surface area contributed by atoms with E-state index in [2.05, 4.69) is 24.3 Å². The Hall–Kier alpha value is -1.06. The Morgan fingerprint density at radius 3 is 2.94 bits per heavy atom. The molecule has 1 N–H and O–H groups in total. The van der Waals surface area contributed by atoms with Crippen LogP contribution in [0.3, 0.4) is 0 Å². The Morgan fingerprint density at radius 2 is 2.19 bits per heavy atom. The number of hydrogen-bond acceptors (Lipinski definition) is 3. The number of phenolic OH excluding ortho intramolecular Hbond substituents is 1. The molecule has 0 atom stereocenters. The molecular weight excluding hydrogens is 218 g/mol. The number of hydrogen-bond donors (Lipinski definition) is 1. The number of nitrogens with zero attached hydrogens (tertiary/aromatic N) is 1. The topological polar surface area (TPSA) is 23.5 Å². The fourth-order valence-corrected chi connectivity index (χ4v) is 2.71. The van der Waals surface area contributed by atoms with E-state index < -0.39 is 0 Å². The number of rotatable bonds is 4. The average molecular weight is 235 g/mol. The first-order valence-electron chi connectivity index (χ1n) is 5.58. The van der Waals surface area contributed by atoms with Crippen LogP contribution in [-0.4, -0.2) is 30.1 Å². The molecule has 2 aromatic rings. The Balaban J connectivity index is 2.21. The van der Waals surface area contributed by atoms with E-state index >= 15 is 0 Å². The van der Waals surface area contributed by atoms with E-state index in [0.29, 0.717) is 5.75 Å². The standard InChI is InChI=1S/C13H17NOS/c1-3-14(2)7-6-10-9-16-13-5-4-11(15)8-12(10)13/h4-5,8-9,15H,3,6-7H2,1-2H3. The Bertz CT molecular complexity index is 478. The number of fused-ring (bicyclic) bond motifs is 1. The minimum atomic E-state index is 0.357. The monoisotopic (exact) mass is 235 g/mol. The highest BCUT2D eigenvalue weighted by atomic mass is 32.1. The molecule has 0 unspecified atom stereocenters. The number of thiophene rings is 1. The summed E-state index contributed by atoms with van der Waals surface area (Å²) in [5, 5.41) is 12.9.